The molecule has 2 aliphatic rings. The summed E-state index contributed by atoms with van der Waals surface area (Å²) in [5, 5.41) is 2.71. The van der Waals surface area contributed by atoms with E-state index in [1.807, 2.05) is 20.8 Å². The molecule has 1 aromatic carbocycles. The number of amides is 3. The standard InChI is InChI=1S/C24H33N3O6/c1-24(2,3)19(25-23(31)33-17-12-8-9-13-17)21(29)27-15-26(14-18(27)22(30)32-4)20(28)16-10-6-5-7-11-16/h5-7,10-11,17-19H,8-9,12-15H2,1-4H3,(H,25,31)/t18-,19+/m0/s1. The molecule has 2 atom stereocenters. The maximum Gasteiger partial charge on any atom is 0.408 e. The fourth-order valence-corrected chi connectivity index (χ4v) is 4.24. The van der Waals surface area contributed by atoms with Gasteiger partial charge in [-0.05, 0) is 43.2 Å². The monoisotopic (exact) mass is 459 g/mol. The topological polar surface area (TPSA) is 105 Å². The molecule has 0 bridgehead atoms. The molecule has 33 heavy (non-hydrogen) atoms. The molecule has 180 valence electrons. The van der Waals surface area contributed by atoms with Crippen LogP contribution in [0.25, 0.3) is 0 Å². The molecule has 0 aromatic heterocycles. The van der Waals surface area contributed by atoms with Crippen LogP contribution in [-0.2, 0) is 19.1 Å². The molecule has 1 saturated carbocycles. The average Bonchev–Trinajstić information content (AvgIpc) is 3.46. The third-order valence-corrected chi connectivity index (χ3v) is 6.11. The average molecular weight is 460 g/mol. The molecular formula is C24H33N3O6. The predicted molar refractivity (Wildman–Crippen MR) is 120 cm³/mol. The highest BCUT2D eigenvalue weighted by Crippen LogP contribution is 2.26. The van der Waals surface area contributed by atoms with Crippen molar-refractivity contribution in [2.45, 2.75) is 64.6 Å². The first-order chi connectivity index (χ1) is 15.6. The van der Waals surface area contributed by atoms with Gasteiger partial charge in [-0.1, -0.05) is 39.0 Å². The Kier molecular flexibility index (Phi) is 7.61. The van der Waals surface area contributed by atoms with E-state index in [1.54, 1.807) is 30.3 Å². The highest BCUT2D eigenvalue weighted by Gasteiger charge is 2.46. The number of nitrogens with one attached hydrogen (secondary N) is 1. The van der Waals surface area contributed by atoms with Gasteiger partial charge in [-0.25, -0.2) is 9.59 Å². The molecule has 1 aliphatic carbocycles. The Bertz CT molecular complexity index is 876. The summed E-state index contributed by atoms with van der Waals surface area (Å²) in [6, 6.07) is 6.74. The number of methoxy groups -OCH3 is 1. The molecule has 2 fully saturated rings. The summed E-state index contributed by atoms with van der Waals surface area (Å²) >= 11 is 0. The third kappa shape index (κ3) is 5.83. The van der Waals surface area contributed by atoms with Crippen molar-refractivity contribution in [1.29, 1.82) is 0 Å². The lowest BCUT2D eigenvalue weighted by molar-refractivity contribution is -0.152. The molecule has 1 heterocycles. The molecule has 0 spiro atoms. The quantitative estimate of drug-likeness (QED) is 0.679. The van der Waals surface area contributed by atoms with E-state index < -0.39 is 35.5 Å². The van der Waals surface area contributed by atoms with Crippen LogP contribution in [0, 0.1) is 5.41 Å². The van der Waals surface area contributed by atoms with Crippen LogP contribution in [0.15, 0.2) is 30.3 Å². The van der Waals surface area contributed by atoms with E-state index in [2.05, 4.69) is 5.32 Å². The van der Waals surface area contributed by atoms with Crippen LogP contribution in [0.1, 0.15) is 56.8 Å². The Labute approximate surface area is 194 Å². The van der Waals surface area contributed by atoms with Gasteiger partial charge in [0.1, 0.15) is 18.2 Å². The number of alkyl carbamates (subject to hydrolysis) is 1. The number of ether oxygens (including phenoxy) is 2. The van der Waals surface area contributed by atoms with Crippen molar-refractivity contribution >= 4 is 23.9 Å². The van der Waals surface area contributed by atoms with Gasteiger partial charge in [-0.15, -0.1) is 0 Å². The van der Waals surface area contributed by atoms with Gasteiger partial charge in [-0.2, -0.15) is 0 Å². The summed E-state index contributed by atoms with van der Waals surface area (Å²) in [5.74, 6) is -1.38. The fraction of sp³-hybridized carbons (Fsp3) is 0.583. The molecule has 0 unspecified atom stereocenters. The number of hydrogen-bond acceptors (Lipinski definition) is 6. The molecule has 1 N–H and O–H groups in total. The van der Waals surface area contributed by atoms with Crippen LogP contribution in [0.2, 0.25) is 0 Å². The van der Waals surface area contributed by atoms with Crippen LogP contribution in [-0.4, -0.2) is 72.2 Å². The summed E-state index contributed by atoms with van der Waals surface area (Å²) in [4.78, 5) is 54.3. The molecule has 3 rings (SSSR count). The predicted octanol–water partition coefficient (Wildman–Crippen LogP) is 2.55. The van der Waals surface area contributed by atoms with Crippen molar-refractivity contribution in [3.8, 4) is 0 Å². The molecule has 9 heteroatoms. The van der Waals surface area contributed by atoms with E-state index in [9.17, 15) is 19.2 Å². The lowest BCUT2D eigenvalue weighted by atomic mass is 9.85. The second-order valence-electron chi connectivity index (χ2n) is 9.64. The smallest absolute Gasteiger partial charge is 0.408 e. The number of rotatable bonds is 5. The summed E-state index contributed by atoms with van der Waals surface area (Å²) in [6.45, 7) is 5.39. The lowest BCUT2D eigenvalue weighted by Gasteiger charge is -2.34. The maximum atomic E-state index is 13.6. The largest absolute Gasteiger partial charge is 0.467 e. The number of carbonyl (C=O) groups excluding carboxylic acids is 4. The van der Waals surface area contributed by atoms with Crippen LogP contribution < -0.4 is 5.32 Å². The molecule has 1 aliphatic heterocycles. The van der Waals surface area contributed by atoms with Crippen LogP contribution in [0.3, 0.4) is 0 Å². The zero-order chi connectivity index (χ0) is 24.2. The number of hydrogen-bond donors (Lipinski definition) is 1. The Hall–Kier alpha value is -3.10. The highest BCUT2D eigenvalue weighted by atomic mass is 16.6. The normalized spacial score (nSPS) is 19.8. The van der Waals surface area contributed by atoms with Gasteiger partial charge in [0.05, 0.1) is 20.3 Å². The van der Waals surface area contributed by atoms with Gasteiger partial charge in [0.2, 0.25) is 5.91 Å². The molecule has 9 nitrogen and oxygen atoms in total. The molecular weight excluding hydrogens is 426 g/mol. The third-order valence-electron chi connectivity index (χ3n) is 6.11. The summed E-state index contributed by atoms with van der Waals surface area (Å²) in [6.07, 6.45) is 2.86. The SMILES string of the molecule is COC(=O)[C@@H]1CN(C(=O)c2ccccc2)CN1C(=O)[C@@H](NC(=O)OC1CCCC1)C(C)(C)C. The molecule has 1 saturated heterocycles. The maximum absolute atomic E-state index is 13.6. The van der Waals surface area contributed by atoms with Crippen molar-refractivity contribution < 1.29 is 28.7 Å². The summed E-state index contributed by atoms with van der Waals surface area (Å²) in [7, 11) is 1.24. The Morgan fingerprint density at radius 3 is 2.27 bits per heavy atom. The fourth-order valence-electron chi connectivity index (χ4n) is 4.24. The van der Waals surface area contributed by atoms with E-state index in [4.69, 9.17) is 9.47 Å². The number of esters is 1. The van der Waals surface area contributed by atoms with E-state index in [1.165, 1.54) is 16.9 Å². The van der Waals surface area contributed by atoms with Gasteiger partial charge in [0.15, 0.2) is 0 Å². The second kappa shape index (κ2) is 10.2. The minimum Gasteiger partial charge on any atom is -0.467 e. The first-order valence-corrected chi connectivity index (χ1v) is 11.3. The van der Waals surface area contributed by atoms with Crippen LogP contribution >= 0.6 is 0 Å². The first kappa shape index (κ1) is 24.5. The van der Waals surface area contributed by atoms with E-state index >= 15 is 0 Å². The zero-order valence-electron chi connectivity index (χ0n) is 19.7. The van der Waals surface area contributed by atoms with E-state index in [0.717, 1.165) is 25.7 Å². The zero-order valence-corrected chi connectivity index (χ0v) is 19.7. The molecule has 0 radical (unpaired) electrons. The first-order valence-electron chi connectivity index (χ1n) is 11.3. The van der Waals surface area contributed by atoms with Crippen LogP contribution in [0.4, 0.5) is 4.79 Å². The van der Waals surface area contributed by atoms with Gasteiger partial charge < -0.3 is 24.6 Å². The minimum absolute atomic E-state index is 0.00945. The molecule has 1 aromatic rings. The summed E-state index contributed by atoms with van der Waals surface area (Å²) in [5.41, 5.74) is -0.204. The highest BCUT2D eigenvalue weighted by molar-refractivity contribution is 5.97. The number of benzene rings is 1. The van der Waals surface area contributed by atoms with Gasteiger partial charge >= 0.3 is 12.1 Å². The van der Waals surface area contributed by atoms with Crippen molar-refractivity contribution in [3.05, 3.63) is 35.9 Å². The lowest BCUT2D eigenvalue weighted by Crippen LogP contribution is -2.57. The van der Waals surface area contributed by atoms with Gasteiger partial charge in [-0.3, -0.25) is 9.59 Å². The Morgan fingerprint density at radius 2 is 1.70 bits per heavy atom. The van der Waals surface area contributed by atoms with Crippen molar-refractivity contribution in [2.24, 2.45) is 5.41 Å². The Morgan fingerprint density at radius 1 is 1.06 bits per heavy atom. The minimum atomic E-state index is -0.965. The van der Waals surface area contributed by atoms with Crippen molar-refractivity contribution in [3.63, 3.8) is 0 Å². The van der Waals surface area contributed by atoms with Gasteiger partial charge in [0, 0.05) is 5.56 Å². The van der Waals surface area contributed by atoms with Gasteiger partial charge in [0.25, 0.3) is 5.91 Å². The second-order valence-corrected chi connectivity index (χ2v) is 9.64. The van der Waals surface area contributed by atoms with Crippen molar-refractivity contribution in [2.75, 3.05) is 20.3 Å². The Balaban J connectivity index is 1.79. The van der Waals surface area contributed by atoms with E-state index in [0.29, 0.717) is 5.56 Å². The van der Waals surface area contributed by atoms with E-state index in [-0.39, 0.29) is 25.2 Å². The molecule has 3 amide bonds. The van der Waals surface area contributed by atoms with Crippen molar-refractivity contribution in [1.82, 2.24) is 15.1 Å². The number of carbonyl (C=O) groups is 4. The van der Waals surface area contributed by atoms with Crippen LogP contribution in [0.5, 0.6) is 0 Å². The number of nitrogens with zero attached hydrogens (tertiary/aromatic N) is 2. The summed E-state index contributed by atoms with van der Waals surface area (Å²) < 4.78 is 10.4.